The molecule has 0 saturated carbocycles. The fourth-order valence-corrected chi connectivity index (χ4v) is 2.18. The molecule has 0 aliphatic rings. The predicted molar refractivity (Wildman–Crippen MR) is 78.5 cm³/mol. The third-order valence-electron chi connectivity index (χ3n) is 3.01. The Hall–Kier alpha value is -0.340. The average Bonchev–Trinajstić information content (AvgIpc) is 2.19. The highest BCUT2D eigenvalue weighted by Crippen LogP contribution is 2.19. The number of rotatable bonds is 8. The minimum absolute atomic E-state index is 0.201. The van der Waals surface area contributed by atoms with Gasteiger partial charge in [0, 0.05) is 30.7 Å². The lowest BCUT2D eigenvalue weighted by Crippen LogP contribution is -2.52. The standard InChI is InChI=1S/C15H32N2/c1-8-10-14(12-16-13(3)4)17(11-9-2)15(5,6)7/h9,13-14,16H,2,8,10-12H2,1,3-7H3. The van der Waals surface area contributed by atoms with Crippen molar-refractivity contribution in [2.45, 2.75) is 72.0 Å². The fourth-order valence-electron chi connectivity index (χ4n) is 2.18. The summed E-state index contributed by atoms with van der Waals surface area (Å²) in [6.07, 6.45) is 4.49. The van der Waals surface area contributed by atoms with Gasteiger partial charge >= 0.3 is 0 Å². The van der Waals surface area contributed by atoms with Crippen LogP contribution in [0.4, 0.5) is 0 Å². The molecule has 1 N–H and O–H groups in total. The molecule has 0 bridgehead atoms. The van der Waals surface area contributed by atoms with Crippen LogP contribution >= 0.6 is 0 Å². The molecular formula is C15H32N2. The van der Waals surface area contributed by atoms with Crippen LogP contribution in [0.15, 0.2) is 12.7 Å². The molecule has 0 aromatic carbocycles. The summed E-state index contributed by atoms with van der Waals surface area (Å²) in [7, 11) is 0. The monoisotopic (exact) mass is 240 g/mol. The van der Waals surface area contributed by atoms with Crippen LogP contribution in [0.5, 0.6) is 0 Å². The Kier molecular flexibility index (Phi) is 7.73. The minimum Gasteiger partial charge on any atom is -0.313 e. The van der Waals surface area contributed by atoms with Crippen LogP contribution in [-0.2, 0) is 0 Å². The Bertz CT molecular complexity index is 203. The number of nitrogens with zero attached hydrogens (tertiary/aromatic N) is 1. The smallest absolute Gasteiger partial charge is 0.0229 e. The van der Waals surface area contributed by atoms with Crippen molar-refractivity contribution in [3.8, 4) is 0 Å². The minimum atomic E-state index is 0.201. The zero-order chi connectivity index (χ0) is 13.5. The molecule has 0 aliphatic carbocycles. The summed E-state index contributed by atoms with van der Waals surface area (Å²) in [5.41, 5.74) is 0.201. The van der Waals surface area contributed by atoms with E-state index in [1.54, 1.807) is 0 Å². The molecule has 102 valence electrons. The Morgan fingerprint density at radius 1 is 1.29 bits per heavy atom. The molecule has 2 heteroatoms. The number of hydrogen-bond acceptors (Lipinski definition) is 2. The molecule has 0 spiro atoms. The molecule has 2 nitrogen and oxygen atoms in total. The van der Waals surface area contributed by atoms with Crippen molar-refractivity contribution in [2.75, 3.05) is 13.1 Å². The first-order valence-corrected chi connectivity index (χ1v) is 6.94. The molecule has 1 atom stereocenters. The maximum Gasteiger partial charge on any atom is 0.0229 e. The van der Waals surface area contributed by atoms with Crippen molar-refractivity contribution >= 4 is 0 Å². The van der Waals surface area contributed by atoms with Crippen molar-refractivity contribution in [1.29, 1.82) is 0 Å². The van der Waals surface area contributed by atoms with Crippen LogP contribution < -0.4 is 5.32 Å². The van der Waals surface area contributed by atoms with E-state index in [4.69, 9.17) is 0 Å². The highest BCUT2D eigenvalue weighted by molar-refractivity contribution is 4.89. The van der Waals surface area contributed by atoms with Gasteiger partial charge in [-0.3, -0.25) is 4.90 Å². The normalized spacial score (nSPS) is 14.4. The number of nitrogens with one attached hydrogen (secondary N) is 1. The SMILES string of the molecule is C=CCN(C(CCC)CNC(C)C)C(C)(C)C. The first-order valence-electron chi connectivity index (χ1n) is 6.94. The van der Waals surface area contributed by atoms with Crippen LogP contribution in [-0.4, -0.2) is 35.6 Å². The molecule has 0 fully saturated rings. The molecule has 0 amide bonds. The van der Waals surface area contributed by atoms with E-state index >= 15 is 0 Å². The predicted octanol–water partition coefficient (Wildman–Crippen LogP) is 3.44. The quantitative estimate of drug-likeness (QED) is 0.654. The van der Waals surface area contributed by atoms with Gasteiger partial charge in [0.2, 0.25) is 0 Å². The van der Waals surface area contributed by atoms with Crippen molar-refractivity contribution in [3.05, 3.63) is 12.7 Å². The highest BCUT2D eigenvalue weighted by Gasteiger charge is 2.27. The first-order chi connectivity index (χ1) is 7.82. The maximum absolute atomic E-state index is 3.89. The van der Waals surface area contributed by atoms with Gasteiger partial charge in [-0.05, 0) is 27.2 Å². The second-order valence-electron chi connectivity index (χ2n) is 6.12. The largest absolute Gasteiger partial charge is 0.313 e. The van der Waals surface area contributed by atoms with Gasteiger partial charge in [0.15, 0.2) is 0 Å². The van der Waals surface area contributed by atoms with Crippen molar-refractivity contribution < 1.29 is 0 Å². The van der Waals surface area contributed by atoms with E-state index in [0.717, 1.165) is 13.1 Å². The van der Waals surface area contributed by atoms with Gasteiger partial charge in [0.25, 0.3) is 0 Å². The van der Waals surface area contributed by atoms with Gasteiger partial charge in [-0.1, -0.05) is 33.3 Å². The van der Waals surface area contributed by atoms with Gasteiger partial charge in [-0.25, -0.2) is 0 Å². The molecule has 0 rings (SSSR count). The fraction of sp³-hybridized carbons (Fsp3) is 0.867. The van der Waals surface area contributed by atoms with Crippen LogP contribution in [0, 0.1) is 0 Å². The van der Waals surface area contributed by atoms with E-state index in [-0.39, 0.29) is 5.54 Å². The zero-order valence-corrected chi connectivity index (χ0v) is 12.7. The molecule has 1 unspecified atom stereocenters. The van der Waals surface area contributed by atoms with Crippen LogP contribution in [0.25, 0.3) is 0 Å². The molecule has 17 heavy (non-hydrogen) atoms. The van der Waals surface area contributed by atoms with Crippen LogP contribution in [0.3, 0.4) is 0 Å². The van der Waals surface area contributed by atoms with E-state index in [2.05, 4.69) is 58.3 Å². The van der Waals surface area contributed by atoms with Crippen molar-refractivity contribution in [3.63, 3.8) is 0 Å². The molecule has 0 heterocycles. The van der Waals surface area contributed by atoms with E-state index in [1.807, 2.05) is 6.08 Å². The summed E-state index contributed by atoms with van der Waals surface area (Å²) in [5.74, 6) is 0. The summed E-state index contributed by atoms with van der Waals surface area (Å²) in [6.45, 7) is 19.5. The van der Waals surface area contributed by atoms with Gasteiger partial charge in [-0.2, -0.15) is 0 Å². The number of hydrogen-bond donors (Lipinski definition) is 1. The third kappa shape index (κ3) is 6.85. The summed E-state index contributed by atoms with van der Waals surface area (Å²) in [6, 6.07) is 1.15. The Balaban J connectivity index is 4.63. The average molecular weight is 240 g/mol. The van der Waals surface area contributed by atoms with Crippen LogP contribution in [0.2, 0.25) is 0 Å². The summed E-state index contributed by atoms with van der Waals surface area (Å²) in [4.78, 5) is 2.55. The lowest BCUT2D eigenvalue weighted by Gasteiger charge is -2.41. The zero-order valence-electron chi connectivity index (χ0n) is 12.7. The highest BCUT2D eigenvalue weighted by atomic mass is 15.2. The third-order valence-corrected chi connectivity index (χ3v) is 3.01. The van der Waals surface area contributed by atoms with Crippen molar-refractivity contribution in [1.82, 2.24) is 10.2 Å². The van der Waals surface area contributed by atoms with E-state index in [9.17, 15) is 0 Å². The molecule has 0 saturated heterocycles. The van der Waals surface area contributed by atoms with Gasteiger partial charge in [0.05, 0.1) is 0 Å². The van der Waals surface area contributed by atoms with Crippen molar-refractivity contribution in [2.24, 2.45) is 0 Å². The summed E-state index contributed by atoms with van der Waals surface area (Å²) >= 11 is 0. The molecule has 0 aromatic rings. The summed E-state index contributed by atoms with van der Waals surface area (Å²) < 4.78 is 0. The Morgan fingerprint density at radius 3 is 2.24 bits per heavy atom. The van der Waals surface area contributed by atoms with Gasteiger partial charge in [-0.15, -0.1) is 6.58 Å². The second-order valence-corrected chi connectivity index (χ2v) is 6.12. The molecule has 0 aromatic heterocycles. The van der Waals surface area contributed by atoms with E-state index in [1.165, 1.54) is 12.8 Å². The first kappa shape index (κ1) is 16.7. The molecule has 0 radical (unpaired) electrons. The lowest BCUT2D eigenvalue weighted by molar-refractivity contribution is 0.0885. The Morgan fingerprint density at radius 2 is 1.88 bits per heavy atom. The molecule has 0 aliphatic heterocycles. The van der Waals surface area contributed by atoms with Gasteiger partial charge < -0.3 is 5.32 Å². The Labute approximate surface area is 108 Å². The lowest BCUT2D eigenvalue weighted by atomic mass is 9.99. The topological polar surface area (TPSA) is 15.3 Å². The summed E-state index contributed by atoms with van der Waals surface area (Å²) in [5, 5.41) is 3.57. The van der Waals surface area contributed by atoms with E-state index < -0.39 is 0 Å². The van der Waals surface area contributed by atoms with E-state index in [0.29, 0.717) is 12.1 Å². The van der Waals surface area contributed by atoms with Crippen LogP contribution in [0.1, 0.15) is 54.4 Å². The molecular weight excluding hydrogens is 208 g/mol. The second kappa shape index (κ2) is 7.88. The van der Waals surface area contributed by atoms with Gasteiger partial charge in [0.1, 0.15) is 0 Å². The maximum atomic E-state index is 3.89.